The van der Waals surface area contributed by atoms with Crippen LogP contribution in [-0.4, -0.2) is 11.8 Å². The Morgan fingerprint density at radius 3 is 2.05 bits per heavy atom. The second-order valence-electron chi connectivity index (χ2n) is 4.75. The molecule has 9 heteroatoms. The third-order valence-electron chi connectivity index (χ3n) is 2.33. The van der Waals surface area contributed by atoms with Gasteiger partial charge in [0.25, 0.3) is 0 Å². The van der Waals surface area contributed by atoms with Crippen molar-refractivity contribution in [2.45, 2.75) is 36.6 Å². The molecule has 0 spiro atoms. The molecule has 0 atom stereocenters. The smallest absolute Gasteiger partial charge is 0.301 e. The van der Waals surface area contributed by atoms with Gasteiger partial charge in [0.05, 0.1) is 16.7 Å². The Labute approximate surface area is 121 Å². The first-order valence-corrected chi connectivity index (χ1v) is 6.37. The number of alkyl halides is 6. The molecule has 2 nitrogen and oxygen atoms in total. The molecule has 118 valence electrons. The fourth-order valence-electron chi connectivity index (χ4n) is 1.23. The summed E-state index contributed by atoms with van der Waals surface area (Å²) >= 11 is 0.334. The highest BCUT2D eigenvalue weighted by atomic mass is 32.2. The van der Waals surface area contributed by atoms with E-state index in [1.807, 2.05) is 0 Å². The number of rotatable bonds is 4. The molecule has 0 aliphatic carbocycles. The lowest BCUT2D eigenvalue weighted by Crippen LogP contribution is -2.36. The van der Waals surface area contributed by atoms with Gasteiger partial charge in [-0.25, -0.2) is 4.72 Å². The molecule has 0 amide bonds. The van der Waals surface area contributed by atoms with Crippen LogP contribution in [0.2, 0.25) is 0 Å². The molecule has 21 heavy (non-hydrogen) atoms. The molecule has 0 aliphatic heterocycles. The average molecular weight is 331 g/mol. The van der Waals surface area contributed by atoms with E-state index >= 15 is 0 Å². The molecule has 0 radical (unpaired) electrons. The summed E-state index contributed by atoms with van der Waals surface area (Å²) in [5.74, 6) is 0. The predicted octanol–water partition coefficient (Wildman–Crippen LogP) is 4.30. The summed E-state index contributed by atoms with van der Waals surface area (Å²) in [5, 5.41) is 0. The minimum atomic E-state index is -4.79. The van der Waals surface area contributed by atoms with Crippen molar-refractivity contribution in [2.75, 3.05) is 0 Å². The zero-order chi connectivity index (χ0) is 16.5. The Hall–Kier alpha value is -1.22. The highest BCUT2D eigenvalue weighted by molar-refractivity contribution is 7.97. The lowest BCUT2D eigenvalue weighted by molar-refractivity contribution is -0.143. The van der Waals surface area contributed by atoms with Crippen molar-refractivity contribution < 1.29 is 31.1 Å². The summed E-state index contributed by atoms with van der Waals surface area (Å²) < 4.78 is 78.5. The van der Waals surface area contributed by atoms with Crippen molar-refractivity contribution >= 4 is 18.2 Å². The predicted molar refractivity (Wildman–Crippen MR) is 65.6 cm³/mol. The van der Waals surface area contributed by atoms with Crippen LogP contribution in [0.1, 0.15) is 25.0 Å². The van der Waals surface area contributed by atoms with Crippen LogP contribution in [0.15, 0.2) is 23.1 Å². The highest BCUT2D eigenvalue weighted by Gasteiger charge is 2.37. The van der Waals surface area contributed by atoms with Crippen LogP contribution in [0.4, 0.5) is 26.3 Å². The summed E-state index contributed by atoms with van der Waals surface area (Å²) in [6, 6.07) is 1.15. The summed E-state index contributed by atoms with van der Waals surface area (Å²) in [5.41, 5.74) is -3.57. The molecule has 0 aliphatic rings. The molecule has 1 aromatic rings. The molecule has 1 N–H and O–H groups in total. The molecule has 0 unspecified atom stereocenters. The van der Waals surface area contributed by atoms with E-state index < -0.39 is 33.9 Å². The Morgan fingerprint density at radius 2 is 1.62 bits per heavy atom. The molecule has 0 saturated carbocycles. The average Bonchev–Trinajstić information content (AvgIpc) is 2.34. The Morgan fingerprint density at radius 1 is 1.05 bits per heavy atom. The fraction of sp³-hybridized carbons (Fsp3) is 0.417. The Bertz CT molecular complexity index is 523. The molecular formula is C12H11F6NOS. The first kappa shape index (κ1) is 17.8. The van der Waals surface area contributed by atoms with Crippen LogP contribution < -0.4 is 4.72 Å². The van der Waals surface area contributed by atoms with Crippen LogP contribution in [-0.2, 0) is 17.1 Å². The zero-order valence-corrected chi connectivity index (χ0v) is 11.7. The van der Waals surface area contributed by atoms with Gasteiger partial charge in [0.1, 0.15) is 6.29 Å². The van der Waals surface area contributed by atoms with Crippen molar-refractivity contribution in [3.8, 4) is 0 Å². The van der Waals surface area contributed by atoms with Crippen molar-refractivity contribution in [1.82, 2.24) is 4.72 Å². The van der Waals surface area contributed by atoms with Gasteiger partial charge in [-0.15, -0.1) is 0 Å². The molecule has 1 rings (SSSR count). The van der Waals surface area contributed by atoms with E-state index in [1.54, 1.807) is 0 Å². The normalized spacial score (nSPS) is 13.3. The molecule has 0 heterocycles. The van der Waals surface area contributed by atoms with Gasteiger partial charge < -0.3 is 4.79 Å². The highest BCUT2D eigenvalue weighted by Crippen LogP contribution is 2.39. The van der Waals surface area contributed by atoms with Crippen LogP contribution in [0, 0.1) is 0 Å². The van der Waals surface area contributed by atoms with E-state index in [4.69, 9.17) is 0 Å². The number of hydrogen-bond donors (Lipinski definition) is 1. The fourth-order valence-corrected chi connectivity index (χ4v) is 2.13. The summed E-state index contributed by atoms with van der Waals surface area (Å²) in [6.07, 6.45) is -9.10. The molecule has 0 aromatic heterocycles. The van der Waals surface area contributed by atoms with E-state index in [2.05, 4.69) is 4.72 Å². The van der Waals surface area contributed by atoms with Gasteiger partial charge in [-0.1, -0.05) is 0 Å². The third-order valence-corrected chi connectivity index (χ3v) is 3.52. The number of carbonyl (C=O) groups excluding carboxylic acids is 1. The minimum absolute atomic E-state index is 0.334. The number of halogens is 6. The first-order valence-electron chi connectivity index (χ1n) is 5.55. The second-order valence-corrected chi connectivity index (χ2v) is 5.60. The van der Waals surface area contributed by atoms with E-state index in [0.717, 1.165) is 0 Å². The van der Waals surface area contributed by atoms with Gasteiger partial charge in [0.15, 0.2) is 0 Å². The van der Waals surface area contributed by atoms with Crippen LogP contribution in [0.5, 0.6) is 0 Å². The summed E-state index contributed by atoms with van der Waals surface area (Å²) in [4.78, 5) is 10.0. The van der Waals surface area contributed by atoms with Gasteiger partial charge >= 0.3 is 12.4 Å². The van der Waals surface area contributed by atoms with Gasteiger partial charge in [-0.2, -0.15) is 26.3 Å². The number of nitrogens with one attached hydrogen (secondary N) is 1. The molecule has 0 fully saturated rings. The molecule has 0 bridgehead atoms. The molecular weight excluding hydrogens is 320 g/mol. The topological polar surface area (TPSA) is 29.1 Å². The zero-order valence-electron chi connectivity index (χ0n) is 10.9. The largest absolute Gasteiger partial charge is 0.417 e. The van der Waals surface area contributed by atoms with Crippen LogP contribution >= 0.6 is 11.9 Å². The van der Waals surface area contributed by atoms with E-state index in [-0.39, 0.29) is 0 Å². The van der Waals surface area contributed by atoms with Crippen molar-refractivity contribution in [2.24, 2.45) is 0 Å². The maximum atomic E-state index is 12.8. The van der Waals surface area contributed by atoms with Crippen LogP contribution in [0.3, 0.4) is 0 Å². The lowest BCUT2D eigenvalue weighted by Gasteiger charge is -2.20. The number of hydrogen-bond acceptors (Lipinski definition) is 3. The maximum Gasteiger partial charge on any atom is 0.417 e. The monoisotopic (exact) mass is 331 g/mol. The van der Waals surface area contributed by atoms with Gasteiger partial charge in [0.2, 0.25) is 0 Å². The molecule has 1 aromatic carbocycles. The Kier molecular flexibility index (Phi) is 4.99. The van der Waals surface area contributed by atoms with Gasteiger partial charge in [-0.05, 0) is 44.0 Å². The standard InChI is InChI=1S/C12H11F6NOS/c1-10(2,6-20)19-21-9-5-7(11(13,14)15)3-4-8(9)12(16,17)18/h3-6,19H,1-2H3. The van der Waals surface area contributed by atoms with Gasteiger partial charge in [0, 0.05) is 4.90 Å². The Balaban J connectivity index is 3.21. The number of benzene rings is 1. The molecule has 0 saturated heterocycles. The van der Waals surface area contributed by atoms with Gasteiger partial charge in [-0.3, -0.25) is 0 Å². The number of aldehydes is 1. The van der Waals surface area contributed by atoms with Crippen LogP contribution in [0.25, 0.3) is 0 Å². The second kappa shape index (κ2) is 5.88. The SMILES string of the molecule is CC(C)(C=O)NSc1cc(C(F)(F)F)ccc1C(F)(F)F. The maximum absolute atomic E-state index is 12.8. The quantitative estimate of drug-likeness (QED) is 0.507. The van der Waals surface area contributed by atoms with E-state index in [1.165, 1.54) is 13.8 Å². The summed E-state index contributed by atoms with van der Waals surface area (Å²) in [6.45, 7) is 2.77. The van der Waals surface area contributed by atoms with Crippen molar-refractivity contribution in [3.63, 3.8) is 0 Å². The van der Waals surface area contributed by atoms with Crippen molar-refractivity contribution in [3.05, 3.63) is 29.3 Å². The minimum Gasteiger partial charge on any atom is -0.301 e. The lowest BCUT2D eigenvalue weighted by atomic mass is 10.1. The van der Waals surface area contributed by atoms with E-state index in [0.29, 0.717) is 36.4 Å². The third kappa shape index (κ3) is 4.92. The van der Waals surface area contributed by atoms with E-state index in [9.17, 15) is 31.1 Å². The summed E-state index contributed by atoms with van der Waals surface area (Å²) in [7, 11) is 0. The first-order chi connectivity index (χ1) is 9.37. The number of carbonyl (C=O) groups is 1. The van der Waals surface area contributed by atoms with Crippen molar-refractivity contribution in [1.29, 1.82) is 0 Å².